The van der Waals surface area contributed by atoms with Crippen LogP contribution < -0.4 is 0 Å². The molecule has 0 heterocycles. The highest BCUT2D eigenvalue weighted by Crippen LogP contribution is 2.24. The molecule has 0 nitrogen and oxygen atoms in total. The number of alkyl halides is 6. The largest absolute Gasteiger partial charge is 0.123 e. The molecule has 6 heteroatoms. The Morgan fingerprint density at radius 1 is 0.538 bits per heavy atom. The van der Waals surface area contributed by atoms with Crippen molar-refractivity contribution in [3.8, 4) is 0 Å². The van der Waals surface area contributed by atoms with Crippen LogP contribution in [0, 0.1) is 0 Å². The first kappa shape index (κ1) is 14.7. The van der Waals surface area contributed by atoms with E-state index in [9.17, 15) is 0 Å². The molecule has 0 radical (unpaired) electrons. The Balaban J connectivity index is 3.58. The third kappa shape index (κ3) is 10.0. The Hall–Kier alpha value is 1.74. The van der Waals surface area contributed by atoms with Crippen LogP contribution in [0.3, 0.4) is 0 Å². The van der Waals surface area contributed by atoms with E-state index in [1.54, 1.807) is 0 Å². The van der Waals surface area contributed by atoms with Crippen molar-refractivity contribution in [1.29, 1.82) is 0 Å². The van der Waals surface area contributed by atoms with E-state index >= 15 is 0 Å². The molecule has 2 atom stereocenters. The van der Waals surface area contributed by atoms with E-state index in [0.29, 0.717) is 19.3 Å². The van der Waals surface area contributed by atoms with Gasteiger partial charge in [0.2, 0.25) is 0 Å². The molecule has 0 bridgehead atoms. The van der Waals surface area contributed by atoms with E-state index in [1.807, 2.05) is 0 Å². The van der Waals surface area contributed by atoms with Crippen molar-refractivity contribution < 1.29 is 0 Å². The number of rotatable bonds is 6. The first-order valence-electron chi connectivity index (χ1n) is 3.76. The Bertz CT molecular complexity index is 112. The normalized spacial score (nSPS) is 16.6. The molecule has 0 aliphatic rings. The van der Waals surface area contributed by atoms with E-state index in [2.05, 4.69) is 0 Å². The molecule has 0 aromatic rings. The molecule has 80 valence electrons. The first-order chi connectivity index (χ1) is 5.91. The highest BCUT2D eigenvalue weighted by molar-refractivity contribution is 6.45. The van der Waals surface area contributed by atoms with E-state index in [1.165, 1.54) is 0 Å². The molecule has 0 N–H and O–H groups in total. The molecular formula is C7H10Cl6. The molecule has 0 rings (SSSR count). The van der Waals surface area contributed by atoms with Crippen molar-refractivity contribution in [2.45, 2.75) is 39.7 Å². The van der Waals surface area contributed by atoms with Crippen LogP contribution in [0.1, 0.15) is 19.3 Å². The van der Waals surface area contributed by atoms with Crippen LogP contribution in [-0.2, 0) is 0 Å². The van der Waals surface area contributed by atoms with Gasteiger partial charge in [-0.2, -0.15) is 0 Å². The highest BCUT2D eigenvalue weighted by atomic mass is 35.5. The Kier molecular flexibility index (Phi) is 9.02. The topological polar surface area (TPSA) is 0 Å². The summed E-state index contributed by atoms with van der Waals surface area (Å²) in [7, 11) is 0. The van der Waals surface area contributed by atoms with Gasteiger partial charge in [-0.3, -0.25) is 0 Å². The fraction of sp³-hybridized carbons (Fsp3) is 1.00. The van der Waals surface area contributed by atoms with Crippen LogP contribution in [-0.4, -0.2) is 20.4 Å². The van der Waals surface area contributed by atoms with Crippen LogP contribution in [0.5, 0.6) is 0 Å². The minimum atomic E-state index is -0.450. The number of halogens is 6. The van der Waals surface area contributed by atoms with E-state index in [4.69, 9.17) is 69.6 Å². The summed E-state index contributed by atoms with van der Waals surface area (Å²) in [6.07, 6.45) is 1.64. The smallest absolute Gasteiger partial charge is 0.109 e. The molecule has 0 saturated carbocycles. The first-order valence-corrected chi connectivity index (χ1v) is 6.38. The molecule has 0 aromatic heterocycles. The van der Waals surface area contributed by atoms with Gasteiger partial charge in [-0.05, 0) is 19.3 Å². The van der Waals surface area contributed by atoms with Gasteiger partial charge in [0.15, 0.2) is 0 Å². The van der Waals surface area contributed by atoms with Crippen molar-refractivity contribution >= 4 is 69.6 Å². The zero-order valence-electron chi connectivity index (χ0n) is 6.70. The average Bonchev–Trinajstić information content (AvgIpc) is 1.80. The lowest BCUT2D eigenvalue weighted by molar-refractivity contribution is 0.658. The fourth-order valence-electron chi connectivity index (χ4n) is 0.857. The third-order valence-electron chi connectivity index (χ3n) is 1.38. The van der Waals surface area contributed by atoms with E-state index < -0.39 is 9.67 Å². The lowest BCUT2D eigenvalue weighted by Gasteiger charge is -2.14. The summed E-state index contributed by atoms with van der Waals surface area (Å²) in [5, 5.41) is -0.260. The molecule has 0 aliphatic heterocycles. The van der Waals surface area contributed by atoms with Crippen LogP contribution in [0.15, 0.2) is 0 Å². The minimum absolute atomic E-state index is 0.130. The summed E-state index contributed by atoms with van der Waals surface area (Å²) in [4.78, 5) is -0.900. The molecule has 0 fully saturated rings. The quantitative estimate of drug-likeness (QED) is 0.607. The highest BCUT2D eigenvalue weighted by Gasteiger charge is 2.17. The van der Waals surface area contributed by atoms with Crippen molar-refractivity contribution in [2.75, 3.05) is 0 Å². The molecule has 0 amide bonds. The molecule has 0 aliphatic carbocycles. The Labute approximate surface area is 109 Å². The molecule has 0 spiro atoms. The second kappa shape index (κ2) is 7.96. The molecule has 13 heavy (non-hydrogen) atoms. The molecule has 0 saturated heterocycles. The Morgan fingerprint density at radius 3 is 1.08 bits per heavy atom. The standard InChI is InChI=1S/C7H10Cl6/c8-4(2-6(10)11)1-5(9)3-7(12)13/h4-7H,1-3H2. The van der Waals surface area contributed by atoms with Crippen molar-refractivity contribution in [3.63, 3.8) is 0 Å². The van der Waals surface area contributed by atoms with Crippen molar-refractivity contribution in [3.05, 3.63) is 0 Å². The molecule has 2 unspecified atom stereocenters. The van der Waals surface area contributed by atoms with Crippen LogP contribution >= 0.6 is 69.6 Å². The summed E-state index contributed by atoms with van der Waals surface area (Å²) in [6.45, 7) is 0. The summed E-state index contributed by atoms with van der Waals surface area (Å²) in [6, 6.07) is 0. The van der Waals surface area contributed by atoms with E-state index in [-0.39, 0.29) is 10.8 Å². The summed E-state index contributed by atoms with van der Waals surface area (Å²) in [5.41, 5.74) is 0. The van der Waals surface area contributed by atoms with Gasteiger partial charge >= 0.3 is 0 Å². The maximum atomic E-state index is 5.91. The third-order valence-corrected chi connectivity index (χ3v) is 2.80. The molecule has 0 aromatic carbocycles. The summed E-state index contributed by atoms with van der Waals surface area (Å²) >= 11 is 34.0. The van der Waals surface area contributed by atoms with Gasteiger partial charge in [0.1, 0.15) is 9.67 Å². The van der Waals surface area contributed by atoms with Gasteiger partial charge in [0, 0.05) is 10.8 Å². The number of hydrogen-bond donors (Lipinski definition) is 0. The van der Waals surface area contributed by atoms with Gasteiger partial charge in [-0.25, -0.2) is 0 Å². The molecular weight excluding hydrogens is 297 g/mol. The summed E-state index contributed by atoms with van der Waals surface area (Å²) < 4.78 is 0. The number of hydrogen-bond acceptors (Lipinski definition) is 0. The van der Waals surface area contributed by atoms with Gasteiger partial charge in [-0.15, -0.1) is 69.6 Å². The Morgan fingerprint density at radius 2 is 0.846 bits per heavy atom. The van der Waals surface area contributed by atoms with Crippen LogP contribution in [0.25, 0.3) is 0 Å². The SMILES string of the molecule is ClC(Cl)CC(Cl)CC(Cl)CC(Cl)Cl. The zero-order valence-corrected chi connectivity index (χ0v) is 11.2. The zero-order chi connectivity index (χ0) is 10.4. The van der Waals surface area contributed by atoms with Gasteiger partial charge in [0.25, 0.3) is 0 Å². The van der Waals surface area contributed by atoms with Crippen LogP contribution in [0.4, 0.5) is 0 Å². The monoisotopic (exact) mass is 304 g/mol. The average molecular weight is 307 g/mol. The maximum absolute atomic E-state index is 5.91. The predicted molar refractivity (Wildman–Crippen MR) is 64.1 cm³/mol. The van der Waals surface area contributed by atoms with Crippen molar-refractivity contribution in [2.24, 2.45) is 0 Å². The fourth-order valence-corrected chi connectivity index (χ4v) is 2.96. The second-order valence-electron chi connectivity index (χ2n) is 2.68. The lowest BCUT2D eigenvalue weighted by atomic mass is 10.1. The maximum Gasteiger partial charge on any atom is 0.109 e. The lowest BCUT2D eigenvalue weighted by Crippen LogP contribution is -2.13. The van der Waals surface area contributed by atoms with Crippen LogP contribution in [0.2, 0.25) is 0 Å². The predicted octanol–water partition coefficient (Wildman–Crippen LogP) is 4.98. The second-order valence-corrected chi connectivity index (χ2v) is 6.47. The van der Waals surface area contributed by atoms with Crippen molar-refractivity contribution in [1.82, 2.24) is 0 Å². The van der Waals surface area contributed by atoms with Gasteiger partial charge < -0.3 is 0 Å². The minimum Gasteiger partial charge on any atom is -0.123 e. The van der Waals surface area contributed by atoms with E-state index in [0.717, 1.165) is 0 Å². The van der Waals surface area contributed by atoms with Gasteiger partial charge in [0.05, 0.1) is 0 Å². The van der Waals surface area contributed by atoms with Gasteiger partial charge in [-0.1, -0.05) is 0 Å². The summed E-state index contributed by atoms with van der Waals surface area (Å²) in [5.74, 6) is 0.